The third-order valence-electron chi connectivity index (χ3n) is 2.85. The molecule has 2 aromatic rings. The van der Waals surface area contributed by atoms with E-state index in [1.807, 2.05) is 0 Å². The van der Waals surface area contributed by atoms with E-state index in [9.17, 15) is 4.79 Å². The molecule has 0 amide bonds. The lowest BCUT2D eigenvalue weighted by molar-refractivity contribution is 0.104. The fourth-order valence-electron chi connectivity index (χ4n) is 1.73. The molecular formula is C16H13N3O2. The number of allylic oxidation sites excluding steroid dienone is 1. The van der Waals surface area contributed by atoms with E-state index >= 15 is 0 Å². The van der Waals surface area contributed by atoms with Crippen LogP contribution in [0.1, 0.15) is 15.9 Å². The Morgan fingerprint density at radius 1 is 1.14 bits per heavy atom. The summed E-state index contributed by atoms with van der Waals surface area (Å²) in [5.41, 5.74) is 10.3. The van der Waals surface area contributed by atoms with Gasteiger partial charge in [0.05, 0.1) is 7.11 Å². The zero-order valence-electron chi connectivity index (χ0n) is 11.4. The van der Waals surface area contributed by atoms with Crippen molar-refractivity contribution in [3.05, 3.63) is 76.2 Å². The molecule has 104 valence electrons. The molecule has 0 heterocycles. The molecule has 0 fully saturated rings. The Labute approximate surface area is 122 Å². The number of nitrogens with zero attached hydrogens (tertiary/aromatic N) is 3. The molecule has 2 rings (SSSR count). The van der Waals surface area contributed by atoms with Gasteiger partial charge in [-0.15, -0.1) is 0 Å². The van der Waals surface area contributed by atoms with Gasteiger partial charge in [0.25, 0.3) is 0 Å². The first-order chi connectivity index (χ1) is 10.2. The Morgan fingerprint density at radius 3 is 2.38 bits per heavy atom. The third kappa shape index (κ3) is 3.96. The Hall–Kier alpha value is -3.04. The molecular weight excluding hydrogens is 266 g/mol. The maximum Gasteiger partial charge on any atom is 0.185 e. The molecule has 0 radical (unpaired) electrons. The largest absolute Gasteiger partial charge is 0.497 e. The summed E-state index contributed by atoms with van der Waals surface area (Å²) in [7, 11) is 1.58. The van der Waals surface area contributed by atoms with Crippen molar-refractivity contribution in [3.8, 4) is 5.75 Å². The minimum atomic E-state index is -0.0863. The molecule has 0 saturated carbocycles. The minimum Gasteiger partial charge on any atom is -0.497 e. The van der Waals surface area contributed by atoms with Crippen LogP contribution in [-0.4, -0.2) is 12.9 Å². The van der Waals surface area contributed by atoms with Gasteiger partial charge in [0.2, 0.25) is 0 Å². The van der Waals surface area contributed by atoms with Crippen LogP contribution in [-0.2, 0) is 0 Å². The predicted molar refractivity (Wildman–Crippen MR) is 81.6 cm³/mol. The fourth-order valence-corrected chi connectivity index (χ4v) is 1.73. The van der Waals surface area contributed by atoms with Crippen molar-refractivity contribution in [1.82, 2.24) is 0 Å². The van der Waals surface area contributed by atoms with E-state index < -0.39 is 0 Å². The molecule has 5 nitrogen and oxygen atoms in total. The van der Waals surface area contributed by atoms with Crippen LogP contribution in [0.5, 0.6) is 5.75 Å². The second kappa shape index (κ2) is 6.93. The van der Waals surface area contributed by atoms with Crippen LogP contribution >= 0.6 is 0 Å². The highest BCUT2D eigenvalue weighted by molar-refractivity contribution is 6.06. The van der Waals surface area contributed by atoms with Crippen molar-refractivity contribution in [2.45, 2.75) is 0 Å². The maximum absolute atomic E-state index is 12.0. The Kier molecular flexibility index (Phi) is 4.75. The van der Waals surface area contributed by atoms with E-state index in [1.54, 1.807) is 61.7 Å². The molecule has 0 bridgehead atoms. The first-order valence-corrected chi connectivity index (χ1v) is 6.24. The van der Waals surface area contributed by atoms with E-state index in [0.717, 1.165) is 5.56 Å². The van der Waals surface area contributed by atoms with Crippen molar-refractivity contribution in [1.29, 1.82) is 0 Å². The lowest BCUT2D eigenvalue weighted by Crippen LogP contribution is -1.94. The number of benzene rings is 2. The SMILES string of the molecule is COc1ccc(C(=O)/C=C/c2ccc(N=[N+]=[N-])cc2)cc1. The number of ketones is 1. The number of methoxy groups -OCH3 is 1. The second-order valence-electron chi connectivity index (χ2n) is 4.21. The van der Waals surface area contributed by atoms with Crippen molar-refractivity contribution < 1.29 is 9.53 Å². The molecule has 21 heavy (non-hydrogen) atoms. The lowest BCUT2D eigenvalue weighted by Gasteiger charge is -2.00. The summed E-state index contributed by atoms with van der Waals surface area (Å²) in [5, 5.41) is 3.48. The molecule has 0 aliphatic heterocycles. The Bertz CT molecular complexity index is 697. The van der Waals surface area contributed by atoms with Crippen LogP contribution in [0.25, 0.3) is 16.5 Å². The monoisotopic (exact) mass is 279 g/mol. The van der Waals surface area contributed by atoms with Gasteiger partial charge in [-0.05, 0) is 41.4 Å². The molecule has 0 aromatic heterocycles. The number of hydrogen-bond donors (Lipinski definition) is 0. The highest BCUT2D eigenvalue weighted by Crippen LogP contribution is 2.15. The Morgan fingerprint density at radius 2 is 1.81 bits per heavy atom. The molecule has 0 unspecified atom stereocenters. The number of rotatable bonds is 5. The van der Waals surface area contributed by atoms with Gasteiger partial charge in [0, 0.05) is 16.2 Å². The van der Waals surface area contributed by atoms with Gasteiger partial charge >= 0.3 is 0 Å². The first kappa shape index (κ1) is 14.4. The molecule has 0 N–H and O–H groups in total. The molecule has 5 heteroatoms. The highest BCUT2D eigenvalue weighted by Gasteiger charge is 2.01. The van der Waals surface area contributed by atoms with E-state index in [-0.39, 0.29) is 5.78 Å². The van der Waals surface area contributed by atoms with Crippen LogP contribution < -0.4 is 4.74 Å². The average Bonchev–Trinajstić information content (AvgIpc) is 2.54. The number of hydrogen-bond acceptors (Lipinski definition) is 3. The van der Waals surface area contributed by atoms with E-state index in [2.05, 4.69) is 10.0 Å². The van der Waals surface area contributed by atoms with Crippen molar-refractivity contribution in [2.24, 2.45) is 5.11 Å². The Balaban J connectivity index is 2.08. The van der Waals surface area contributed by atoms with Crippen LogP contribution in [0, 0.1) is 0 Å². The topological polar surface area (TPSA) is 75.1 Å². The normalized spacial score (nSPS) is 10.1. The fraction of sp³-hybridized carbons (Fsp3) is 0.0625. The van der Waals surface area contributed by atoms with Crippen molar-refractivity contribution in [3.63, 3.8) is 0 Å². The lowest BCUT2D eigenvalue weighted by atomic mass is 10.1. The summed E-state index contributed by atoms with van der Waals surface area (Å²) in [6.45, 7) is 0. The molecule has 0 atom stereocenters. The van der Waals surface area contributed by atoms with Gasteiger partial charge in [-0.3, -0.25) is 4.79 Å². The summed E-state index contributed by atoms with van der Waals surface area (Å²) in [5.74, 6) is 0.626. The minimum absolute atomic E-state index is 0.0863. The van der Waals surface area contributed by atoms with Gasteiger partial charge in [0.1, 0.15) is 5.75 Å². The molecule has 0 aliphatic rings. The maximum atomic E-state index is 12.0. The summed E-state index contributed by atoms with van der Waals surface area (Å²) < 4.78 is 5.05. The standard InChI is InChI=1S/C16H13N3O2/c1-21-15-9-5-13(6-10-15)16(20)11-4-12-2-7-14(8-3-12)18-19-17/h2-11H,1H3/b11-4+. The molecule has 0 spiro atoms. The predicted octanol–water partition coefficient (Wildman–Crippen LogP) is 4.53. The summed E-state index contributed by atoms with van der Waals surface area (Å²) >= 11 is 0. The van der Waals surface area contributed by atoms with Gasteiger partial charge in [0.15, 0.2) is 5.78 Å². The van der Waals surface area contributed by atoms with Gasteiger partial charge in [-0.25, -0.2) is 0 Å². The van der Waals surface area contributed by atoms with E-state index in [4.69, 9.17) is 10.3 Å². The zero-order chi connectivity index (χ0) is 15.1. The number of azide groups is 1. The van der Waals surface area contributed by atoms with Gasteiger partial charge in [-0.2, -0.15) is 0 Å². The quantitative estimate of drug-likeness (QED) is 0.265. The molecule has 0 aliphatic carbocycles. The number of carbonyl (C=O) groups is 1. The highest BCUT2D eigenvalue weighted by atomic mass is 16.5. The van der Waals surface area contributed by atoms with Crippen LogP contribution in [0.2, 0.25) is 0 Å². The average molecular weight is 279 g/mol. The third-order valence-corrected chi connectivity index (χ3v) is 2.85. The van der Waals surface area contributed by atoms with Crippen molar-refractivity contribution in [2.75, 3.05) is 7.11 Å². The van der Waals surface area contributed by atoms with Gasteiger partial charge < -0.3 is 4.74 Å². The van der Waals surface area contributed by atoms with Gasteiger partial charge in [-0.1, -0.05) is 35.5 Å². The number of carbonyl (C=O) groups excluding carboxylic acids is 1. The van der Waals surface area contributed by atoms with E-state index in [0.29, 0.717) is 17.0 Å². The van der Waals surface area contributed by atoms with Crippen LogP contribution in [0.3, 0.4) is 0 Å². The number of ether oxygens (including phenoxy) is 1. The van der Waals surface area contributed by atoms with E-state index in [1.165, 1.54) is 6.08 Å². The summed E-state index contributed by atoms with van der Waals surface area (Å²) in [6.07, 6.45) is 3.22. The summed E-state index contributed by atoms with van der Waals surface area (Å²) in [6, 6.07) is 13.9. The first-order valence-electron chi connectivity index (χ1n) is 6.24. The summed E-state index contributed by atoms with van der Waals surface area (Å²) in [4.78, 5) is 14.7. The zero-order valence-corrected chi connectivity index (χ0v) is 11.4. The van der Waals surface area contributed by atoms with Crippen molar-refractivity contribution >= 4 is 17.5 Å². The second-order valence-corrected chi connectivity index (χ2v) is 4.21. The smallest absolute Gasteiger partial charge is 0.185 e. The molecule has 0 saturated heterocycles. The van der Waals surface area contributed by atoms with Crippen LogP contribution in [0.4, 0.5) is 5.69 Å². The molecule has 2 aromatic carbocycles. The van der Waals surface area contributed by atoms with Crippen LogP contribution in [0.15, 0.2) is 59.7 Å².